The van der Waals surface area contributed by atoms with Gasteiger partial charge in [0.1, 0.15) is 0 Å². The zero-order valence-electron chi connectivity index (χ0n) is 14.9. The first-order chi connectivity index (χ1) is 11.3. The molecule has 4 nitrogen and oxygen atoms in total. The van der Waals surface area contributed by atoms with Gasteiger partial charge >= 0.3 is 0 Å². The van der Waals surface area contributed by atoms with Crippen molar-refractivity contribution in [2.75, 3.05) is 39.9 Å². The second kappa shape index (κ2) is 9.78. The Hall–Kier alpha value is -1.26. The monoisotopic (exact) mass is 320 g/mol. The average Bonchev–Trinajstić information content (AvgIpc) is 2.60. The number of benzene rings is 1. The fraction of sp³-hybridized carbons (Fsp3) is 0.684. The average molecular weight is 320 g/mol. The zero-order valence-corrected chi connectivity index (χ0v) is 14.9. The van der Waals surface area contributed by atoms with Crippen molar-refractivity contribution in [3.05, 3.63) is 23.8 Å². The van der Waals surface area contributed by atoms with E-state index in [2.05, 4.69) is 35.3 Å². The van der Waals surface area contributed by atoms with Gasteiger partial charge in [0.25, 0.3) is 0 Å². The maximum atomic E-state index is 5.78. The largest absolute Gasteiger partial charge is 0.493 e. The Morgan fingerprint density at radius 3 is 2.57 bits per heavy atom. The number of hydrogen-bond donors (Lipinski definition) is 1. The summed E-state index contributed by atoms with van der Waals surface area (Å²) in [5, 5.41) is 3.45. The first-order valence-electron chi connectivity index (χ1n) is 9.05. The quantitative estimate of drug-likeness (QED) is 0.705. The Morgan fingerprint density at radius 1 is 1.13 bits per heavy atom. The molecule has 0 aliphatic carbocycles. The van der Waals surface area contributed by atoms with Crippen LogP contribution in [0.1, 0.15) is 51.1 Å². The number of nitrogens with one attached hydrogen (secondary N) is 1. The van der Waals surface area contributed by atoms with Crippen molar-refractivity contribution >= 4 is 0 Å². The van der Waals surface area contributed by atoms with E-state index in [1.807, 2.05) is 6.92 Å². The van der Waals surface area contributed by atoms with Crippen LogP contribution < -0.4 is 14.8 Å². The van der Waals surface area contributed by atoms with Crippen molar-refractivity contribution in [2.24, 2.45) is 0 Å². The Kier molecular flexibility index (Phi) is 7.69. The van der Waals surface area contributed by atoms with Gasteiger partial charge in [-0.05, 0) is 31.0 Å². The summed E-state index contributed by atoms with van der Waals surface area (Å²) in [6, 6.07) is 6.92. The van der Waals surface area contributed by atoms with Crippen molar-refractivity contribution in [3.8, 4) is 11.5 Å². The van der Waals surface area contributed by atoms with Gasteiger partial charge in [-0.1, -0.05) is 32.3 Å². The van der Waals surface area contributed by atoms with Crippen LogP contribution in [-0.4, -0.2) is 44.8 Å². The van der Waals surface area contributed by atoms with Crippen molar-refractivity contribution in [2.45, 2.75) is 45.6 Å². The molecule has 23 heavy (non-hydrogen) atoms. The van der Waals surface area contributed by atoms with Crippen LogP contribution in [0.4, 0.5) is 0 Å². The molecule has 0 spiro atoms. The normalized spacial score (nSPS) is 17.0. The van der Waals surface area contributed by atoms with Crippen molar-refractivity contribution in [1.29, 1.82) is 0 Å². The van der Waals surface area contributed by atoms with Gasteiger partial charge in [-0.3, -0.25) is 4.90 Å². The molecule has 1 aromatic carbocycles. The molecule has 4 heteroatoms. The smallest absolute Gasteiger partial charge is 0.161 e. The SMILES string of the molecule is CCCCC[C@@H](c1ccc(OC)c(OCC)c1)N1CCNCC1. The van der Waals surface area contributed by atoms with E-state index in [9.17, 15) is 0 Å². The summed E-state index contributed by atoms with van der Waals surface area (Å²) < 4.78 is 11.2. The van der Waals surface area contributed by atoms with Gasteiger partial charge in [0.15, 0.2) is 11.5 Å². The standard InChI is InChI=1S/C19H32N2O2/c1-4-6-7-8-17(21-13-11-20-12-14-21)16-9-10-18(22-3)19(15-16)23-5-2/h9-10,15,17,20H,4-8,11-14H2,1-3H3/t17-/m0/s1. The lowest BCUT2D eigenvalue weighted by molar-refractivity contribution is 0.162. The number of methoxy groups -OCH3 is 1. The van der Waals surface area contributed by atoms with Crippen LogP contribution in [0.5, 0.6) is 11.5 Å². The summed E-state index contributed by atoms with van der Waals surface area (Å²) in [5.74, 6) is 1.69. The van der Waals surface area contributed by atoms with Crippen molar-refractivity contribution in [3.63, 3.8) is 0 Å². The Balaban J connectivity index is 2.20. The Labute approximate surface area is 141 Å². The summed E-state index contributed by atoms with van der Waals surface area (Å²) in [5.41, 5.74) is 1.35. The Bertz CT molecular complexity index is 459. The number of unbranched alkanes of at least 4 members (excludes halogenated alkanes) is 2. The molecule has 0 bridgehead atoms. The van der Waals surface area contributed by atoms with Crippen LogP contribution in [0.2, 0.25) is 0 Å². The van der Waals surface area contributed by atoms with Gasteiger partial charge in [0.2, 0.25) is 0 Å². The van der Waals surface area contributed by atoms with Gasteiger partial charge in [0.05, 0.1) is 13.7 Å². The van der Waals surface area contributed by atoms with Crippen LogP contribution in [0.25, 0.3) is 0 Å². The molecule has 1 aliphatic rings. The van der Waals surface area contributed by atoms with E-state index >= 15 is 0 Å². The highest BCUT2D eigenvalue weighted by Crippen LogP contribution is 2.34. The number of piperazine rings is 1. The lowest BCUT2D eigenvalue weighted by atomic mass is 9.97. The number of rotatable bonds is 9. The predicted molar refractivity (Wildman–Crippen MR) is 95.5 cm³/mol. The summed E-state index contributed by atoms with van der Waals surface area (Å²) in [4.78, 5) is 2.61. The van der Waals surface area contributed by atoms with Gasteiger partial charge in [0, 0.05) is 32.2 Å². The second-order valence-electron chi connectivity index (χ2n) is 6.14. The highest BCUT2D eigenvalue weighted by Gasteiger charge is 2.23. The second-order valence-corrected chi connectivity index (χ2v) is 6.14. The molecule has 130 valence electrons. The number of hydrogen-bond acceptors (Lipinski definition) is 4. The topological polar surface area (TPSA) is 33.7 Å². The van der Waals surface area contributed by atoms with Gasteiger partial charge in [-0.2, -0.15) is 0 Å². The number of nitrogens with zero attached hydrogens (tertiary/aromatic N) is 1. The molecule has 1 aromatic rings. The lowest BCUT2D eigenvalue weighted by Gasteiger charge is -2.35. The van der Waals surface area contributed by atoms with E-state index in [1.54, 1.807) is 7.11 Å². The third kappa shape index (κ3) is 5.11. The molecule has 0 aromatic heterocycles. The number of ether oxygens (including phenoxy) is 2. The first-order valence-corrected chi connectivity index (χ1v) is 9.05. The zero-order chi connectivity index (χ0) is 16.5. The van der Waals surface area contributed by atoms with E-state index in [0.29, 0.717) is 12.6 Å². The molecule has 1 N–H and O–H groups in total. The minimum absolute atomic E-state index is 0.480. The summed E-state index contributed by atoms with van der Waals surface area (Å²) in [6.45, 7) is 9.34. The third-order valence-corrected chi connectivity index (χ3v) is 4.55. The molecule has 2 rings (SSSR count). The molecule has 0 radical (unpaired) electrons. The van der Waals surface area contributed by atoms with Crippen LogP contribution in [-0.2, 0) is 0 Å². The molecule has 0 unspecified atom stereocenters. The van der Waals surface area contributed by atoms with E-state index in [-0.39, 0.29) is 0 Å². The molecule has 1 aliphatic heterocycles. The minimum atomic E-state index is 0.480. The molecular formula is C19H32N2O2. The molecular weight excluding hydrogens is 288 g/mol. The fourth-order valence-corrected chi connectivity index (χ4v) is 3.31. The van der Waals surface area contributed by atoms with Crippen molar-refractivity contribution in [1.82, 2.24) is 10.2 Å². The highest BCUT2D eigenvalue weighted by molar-refractivity contribution is 5.44. The summed E-state index contributed by atoms with van der Waals surface area (Å²) >= 11 is 0. The van der Waals surface area contributed by atoms with Crippen LogP contribution in [0.15, 0.2) is 18.2 Å². The lowest BCUT2D eigenvalue weighted by Crippen LogP contribution is -2.45. The van der Waals surface area contributed by atoms with E-state index in [4.69, 9.17) is 9.47 Å². The van der Waals surface area contributed by atoms with Gasteiger partial charge in [-0.25, -0.2) is 0 Å². The van der Waals surface area contributed by atoms with E-state index in [0.717, 1.165) is 37.7 Å². The molecule has 1 saturated heterocycles. The van der Waals surface area contributed by atoms with Crippen molar-refractivity contribution < 1.29 is 9.47 Å². The fourth-order valence-electron chi connectivity index (χ4n) is 3.31. The van der Waals surface area contributed by atoms with Crippen LogP contribution >= 0.6 is 0 Å². The maximum absolute atomic E-state index is 5.78. The summed E-state index contributed by atoms with van der Waals surface area (Å²) in [7, 11) is 1.70. The van der Waals surface area contributed by atoms with Crippen LogP contribution in [0, 0.1) is 0 Å². The van der Waals surface area contributed by atoms with Gasteiger partial charge < -0.3 is 14.8 Å². The molecule has 1 atom stereocenters. The third-order valence-electron chi connectivity index (χ3n) is 4.55. The maximum Gasteiger partial charge on any atom is 0.161 e. The Morgan fingerprint density at radius 2 is 1.91 bits per heavy atom. The first kappa shape index (κ1) is 18.1. The molecule has 0 saturated carbocycles. The molecule has 0 amide bonds. The minimum Gasteiger partial charge on any atom is -0.493 e. The highest BCUT2D eigenvalue weighted by atomic mass is 16.5. The summed E-state index contributed by atoms with van der Waals surface area (Å²) in [6.07, 6.45) is 5.06. The van der Waals surface area contributed by atoms with E-state index < -0.39 is 0 Å². The predicted octanol–water partition coefficient (Wildman–Crippen LogP) is 3.62. The molecule has 1 fully saturated rings. The van der Waals surface area contributed by atoms with E-state index in [1.165, 1.54) is 31.2 Å². The van der Waals surface area contributed by atoms with Gasteiger partial charge in [-0.15, -0.1) is 0 Å². The molecule has 1 heterocycles. The van der Waals surface area contributed by atoms with Crippen LogP contribution in [0.3, 0.4) is 0 Å².